The number of carbonyl (C=O) groups excluding carboxylic acids is 1. The lowest BCUT2D eigenvalue weighted by molar-refractivity contribution is 0.0524. The molecule has 0 fully saturated rings. The molecule has 1 heterocycles. The Morgan fingerprint density at radius 2 is 1.81 bits per heavy atom. The minimum Gasteiger partial charge on any atom is -0.490 e. The van der Waals surface area contributed by atoms with E-state index in [0.717, 1.165) is 12.8 Å². The van der Waals surface area contributed by atoms with Gasteiger partial charge in [0.25, 0.3) is 0 Å². The van der Waals surface area contributed by atoms with Crippen molar-refractivity contribution in [1.82, 2.24) is 4.98 Å². The highest BCUT2D eigenvalue weighted by atomic mass is 16.5. The van der Waals surface area contributed by atoms with E-state index in [0.29, 0.717) is 42.2 Å². The monoisotopic (exact) mass is 363 g/mol. The van der Waals surface area contributed by atoms with Gasteiger partial charge >= 0.3 is 5.97 Å². The molecule has 7 nitrogen and oxygen atoms in total. The highest BCUT2D eigenvalue weighted by molar-refractivity contribution is 5.94. The standard InChI is InChI=1S/C19H25NO6/c1-4-6-7-25-16-10-13-15(11-17(16)26-9-8-23-3)20-12-14(18(13)21)19(22)24-5-2/h10-12H,4-9H2,1-3H3,(H,20,21). The van der Waals surface area contributed by atoms with Crippen LogP contribution in [0.2, 0.25) is 0 Å². The lowest BCUT2D eigenvalue weighted by Crippen LogP contribution is -2.18. The average Bonchev–Trinajstić information content (AvgIpc) is 2.63. The third-order valence-electron chi connectivity index (χ3n) is 3.74. The number of carbonyl (C=O) groups is 1. The van der Waals surface area contributed by atoms with Crippen LogP contribution in [0.15, 0.2) is 23.1 Å². The summed E-state index contributed by atoms with van der Waals surface area (Å²) in [7, 11) is 1.59. The molecule has 0 bridgehead atoms. The van der Waals surface area contributed by atoms with Crippen molar-refractivity contribution >= 4 is 16.9 Å². The van der Waals surface area contributed by atoms with Crippen LogP contribution in [0.3, 0.4) is 0 Å². The van der Waals surface area contributed by atoms with Crippen LogP contribution in [0.25, 0.3) is 10.9 Å². The van der Waals surface area contributed by atoms with Gasteiger partial charge in [0.2, 0.25) is 5.43 Å². The smallest absolute Gasteiger partial charge is 0.343 e. The van der Waals surface area contributed by atoms with E-state index in [1.54, 1.807) is 26.2 Å². The maximum Gasteiger partial charge on any atom is 0.343 e. The molecular weight excluding hydrogens is 338 g/mol. The number of pyridine rings is 1. The predicted octanol–water partition coefficient (Wildman–Crippen LogP) is 2.91. The third-order valence-corrected chi connectivity index (χ3v) is 3.74. The summed E-state index contributed by atoms with van der Waals surface area (Å²) < 4.78 is 21.4. The Balaban J connectivity index is 2.44. The van der Waals surface area contributed by atoms with E-state index < -0.39 is 11.4 Å². The fourth-order valence-corrected chi connectivity index (χ4v) is 2.38. The van der Waals surface area contributed by atoms with Crippen molar-refractivity contribution in [2.75, 3.05) is 33.5 Å². The van der Waals surface area contributed by atoms with Crippen molar-refractivity contribution in [3.8, 4) is 11.5 Å². The number of aromatic amines is 1. The number of esters is 1. The molecular formula is C19H25NO6. The van der Waals surface area contributed by atoms with E-state index in [-0.39, 0.29) is 12.2 Å². The van der Waals surface area contributed by atoms with E-state index >= 15 is 0 Å². The Bertz CT molecular complexity index is 798. The quantitative estimate of drug-likeness (QED) is 0.516. The van der Waals surface area contributed by atoms with E-state index in [1.165, 1.54) is 6.20 Å². The zero-order valence-corrected chi connectivity index (χ0v) is 15.4. The number of unbranched alkanes of at least 4 members (excludes halogenated alkanes) is 1. The van der Waals surface area contributed by atoms with E-state index in [2.05, 4.69) is 11.9 Å². The summed E-state index contributed by atoms with van der Waals surface area (Å²) in [6.07, 6.45) is 3.23. The van der Waals surface area contributed by atoms with Crippen LogP contribution in [-0.4, -0.2) is 44.5 Å². The molecule has 142 valence electrons. The fraction of sp³-hybridized carbons (Fsp3) is 0.474. The van der Waals surface area contributed by atoms with Gasteiger partial charge in [0, 0.05) is 19.4 Å². The van der Waals surface area contributed by atoms with Crippen LogP contribution in [0, 0.1) is 0 Å². The van der Waals surface area contributed by atoms with Crippen molar-refractivity contribution in [2.24, 2.45) is 0 Å². The van der Waals surface area contributed by atoms with Crippen LogP contribution in [0.1, 0.15) is 37.0 Å². The van der Waals surface area contributed by atoms with Crippen LogP contribution < -0.4 is 14.9 Å². The van der Waals surface area contributed by atoms with Crippen molar-refractivity contribution < 1.29 is 23.7 Å². The third kappa shape index (κ3) is 4.76. The predicted molar refractivity (Wildman–Crippen MR) is 98.3 cm³/mol. The van der Waals surface area contributed by atoms with Gasteiger partial charge in [-0.05, 0) is 19.4 Å². The maximum absolute atomic E-state index is 12.7. The summed E-state index contributed by atoms with van der Waals surface area (Å²) >= 11 is 0. The molecule has 0 saturated heterocycles. The normalized spacial score (nSPS) is 10.7. The summed E-state index contributed by atoms with van der Waals surface area (Å²) in [5.74, 6) is 0.336. The van der Waals surface area contributed by atoms with Gasteiger partial charge in [0.15, 0.2) is 11.5 Å². The molecule has 0 amide bonds. The second-order valence-electron chi connectivity index (χ2n) is 5.64. The number of hydrogen-bond donors (Lipinski definition) is 1. The average molecular weight is 363 g/mol. The van der Waals surface area contributed by atoms with Crippen LogP contribution in [0.5, 0.6) is 11.5 Å². The van der Waals surface area contributed by atoms with Crippen molar-refractivity contribution in [3.05, 3.63) is 34.1 Å². The van der Waals surface area contributed by atoms with Gasteiger partial charge in [-0.1, -0.05) is 13.3 Å². The van der Waals surface area contributed by atoms with Crippen LogP contribution in [0.4, 0.5) is 0 Å². The number of benzene rings is 1. The first kappa shape index (κ1) is 19.8. The molecule has 1 N–H and O–H groups in total. The number of methoxy groups -OCH3 is 1. The Kier molecular flexibility index (Phi) is 7.47. The van der Waals surface area contributed by atoms with Crippen molar-refractivity contribution in [2.45, 2.75) is 26.7 Å². The first-order valence-corrected chi connectivity index (χ1v) is 8.73. The van der Waals surface area contributed by atoms with Crippen LogP contribution >= 0.6 is 0 Å². The Hall–Kier alpha value is -2.54. The number of fused-ring (bicyclic) bond motifs is 1. The Morgan fingerprint density at radius 3 is 2.50 bits per heavy atom. The minimum absolute atomic E-state index is 0.0353. The topological polar surface area (TPSA) is 86.9 Å². The molecule has 0 radical (unpaired) electrons. The highest BCUT2D eigenvalue weighted by Crippen LogP contribution is 2.31. The van der Waals surface area contributed by atoms with Gasteiger partial charge in [-0.3, -0.25) is 4.79 Å². The Morgan fingerprint density at radius 1 is 1.08 bits per heavy atom. The molecule has 0 aliphatic heterocycles. The summed E-state index contributed by atoms with van der Waals surface area (Å²) in [6, 6.07) is 3.30. The molecule has 1 aromatic carbocycles. The first-order valence-electron chi connectivity index (χ1n) is 8.73. The molecule has 2 rings (SSSR count). The molecule has 0 aliphatic carbocycles. The molecule has 0 unspecified atom stereocenters. The number of nitrogens with one attached hydrogen (secondary N) is 1. The van der Waals surface area contributed by atoms with Gasteiger partial charge in [-0.15, -0.1) is 0 Å². The number of ether oxygens (including phenoxy) is 4. The molecule has 0 saturated carbocycles. The summed E-state index contributed by atoms with van der Waals surface area (Å²) in [6.45, 7) is 5.26. The number of aromatic nitrogens is 1. The van der Waals surface area contributed by atoms with Crippen molar-refractivity contribution in [1.29, 1.82) is 0 Å². The van der Waals surface area contributed by atoms with Crippen molar-refractivity contribution in [3.63, 3.8) is 0 Å². The minimum atomic E-state index is -0.649. The summed E-state index contributed by atoms with van der Waals surface area (Å²) in [5.41, 5.74) is 0.117. The molecule has 0 atom stereocenters. The summed E-state index contributed by atoms with van der Waals surface area (Å²) in [4.78, 5) is 27.6. The van der Waals surface area contributed by atoms with Gasteiger partial charge in [0.05, 0.1) is 30.7 Å². The van der Waals surface area contributed by atoms with Gasteiger partial charge < -0.3 is 23.9 Å². The molecule has 7 heteroatoms. The zero-order chi connectivity index (χ0) is 18.9. The number of H-pyrrole nitrogens is 1. The molecule has 0 spiro atoms. The maximum atomic E-state index is 12.7. The van der Waals surface area contributed by atoms with Gasteiger partial charge in [-0.25, -0.2) is 4.79 Å². The second-order valence-corrected chi connectivity index (χ2v) is 5.64. The lowest BCUT2D eigenvalue weighted by Gasteiger charge is -2.14. The molecule has 1 aromatic heterocycles. The fourth-order valence-electron chi connectivity index (χ4n) is 2.38. The molecule has 26 heavy (non-hydrogen) atoms. The van der Waals surface area contributed by atoms with Gasteiger partial charge in [0.1, 0.15) is 12.2 Å². The largest absolute Gasteiger partial charge is 0.490 e. The van der Waals surface area contributed by atoms with Crippen LogP contribution in [-0.2, 0) is 9.47 Å². The first-order chi connectivity index (χ1) is 12.6. The second kappa shape index (κ2) is 9.82. The van der Waals surface area contributed by atoms with E-state index in [9.17, 15) is 9.59 Å². The molecule has 0 aliphatic rings. The molecule has 2 aromatic rings. The lowest BCUT2D eigenvalue weighted by atomic mass is 10.1. The van der Waals surface area contributed by atoms with Gasteiger partial charge in [-0.2, -0.15) is 0 Å². The highest BCUT2D eigenvalue weighted by Gasteiger charge is 2.17. The Labute approximate surface area is 152 Å². The number of hydrogen-bond acceptors (Lipinski definition) is 6. The SMILES string of the molecule is CCCCOc1cc2c(=O)c(C(=O)OCC)c[nH]c2cc1OCCOC. The zero-order valence-electron chi connectivity index (χ0n) is 15.4. The summed E-state index contributed by atoms with van der Waals surface area (Å²) in [5, 5.41) is 0.348. The van der Waals surface area contributed by atoms with E-state index in [4.69, 9.17) is 18.9 Å². The van der Waals surface area contributed by atoms with E-state index in [1.807, 2.05) is 0 Å². The number of rotatable bonds is 10.